The van der Waals surface area contributed by atoms with Crippen molar-refractivity contribution in [1.82, 2.24) is 10.1 Å². The average Bonchev–Trinajstić information content (AvgIpc) is 2.34. The number of halogens is 1. The summed E-state index contributed by atoms with van der Waals surface area (Å²) in [6.07, 6.45) is 0. The van der Waals surface area contributed by atoms with Crippen LogP contribution in [-0.2, 0) is 0 Å². The van der Waals surface area contributed by atoms with Gasteiger partial charge in [-0.1, -0.05) is 0 Å². The highest BCUT2D eigenvalue weighted by molar-refractivity contribution is 5.85. The molecule has 1 aromatic rings. The molecule has 0 saturated carbocycles. The lowest BCUT2D eigenvalue weighted by molar-refractivity contribution is 0.434. The summed E-state index contributed by atoms with van der Waals surface area (Å²) in [6, 6.07) is 0.107. The molecule has 11 heavy (non-hydrogen) atoms. The number of nitrogens with two attached hydrogens (primary N) is 1. The molecule has 0 unspecified atom stereocenters. The van der Waals surface area contributed by atoms with E-state index in [0.29, 0.717) is 5.95 Å². The summed E-state index contributed by atoms with van der Waals surface area (Å²) < 4.78 is 4.56. The molecule has 0 amide bonds. The zero-order valence-electron chi connectivity index (χ0n) is 6.44. The van der Waals surface area contributed by atoms with Crippen LogP contribution in [0.2, 0.25) is 0 Å². The topological polar surface area (TPSA) is 68.2 Å². The third-order valence-corrected chi connectivity index (χ3v) is 1.25. The minimum absolute atomic E-state index is 0. The van der Waals surface area contributed by atoms with Crippen molar-refractivity contribution in [2.24, 2.45) is 0 Å². The number of rotatable bonds is 2. The van der Waals surface area contributed by atoms with Crippen LogP contribution in [0, 0.1) is 0 Å². The number of nitrogen functional groups attached to an aromatic ring is 1. The Morgan fingerprint density at radius 3 is 2.64 bits per heavy atom. The molecule has 6 heteroatoms. The minimum atomic E-state index is 0. The lowest BCUT2D eigenvalue weighted by Crippen LogP contribution is -2.17. The molecule has 1 rings (SSSR count). The summed E-state index contributed by atoms with van der Waals surface area (Å²) in [5.41, 5.74) is 5.20. The number of aromatic nitrogens is 2. The molecule has 0 saturated heterocycles. The third kappa shape index (κ3) is 2.27. The first-order chi connectivity index (χ1) is 4.74. The maximum Gasteiger partial charge on any atom is 0.320 e. The van der Waals surface area contributed by atoms with Gasteiger partial charge in [0.1, 0.15) is 0 Å². The quantitative estimate of drug-likeness (QED) is 0.716. The van der Waals surface area contributed by atoms with Crippen molar-refractivity contribution in [3.63, 3.8) is 0 Å². The zero-order chi connectivity index (χ0) is 7.56. The number of hydrogen-bond donors (Lipinski definition) is 1. The Bertz CT molecular complexity index is 214. The molecule has 1 heterocycles. The normalized spacial score (nSPS) is 8.91. The highest BCUT2D eigenvalue weighted by atomic mass is 35.5. The Morgan fingerprint density at radius 2 is 2.27 bits per heavy atom. The summed E-state index contributed by atoms with van der Waals surface area (Å²) in [5.74, 6) is 0.528. The van der Waals surface area contributed by atoms with Gasteiger partial charge >= 0.3 is 6.01 Å². The van der Waals surface area contributed by atoms with E-state index in [1.165, 1.54) is 0 Å². The molecular weight excluding hydrogens is 168 g/mol. The van der Waals surface area contributed by atoms with Gasteiger partial charge in [-0.15, -0.1) is 12.4 Å². The van der Waals surface area contributed by atoms with Crippen molar-refractivity contribution in [1.29, 1.82) is 0 Å². The van der Waals surface area contributed by atoms with Gasteiger partial charge in [-0.25, -0.2) is 0 Å². The minimum Gasteiger partial charge on any atom is -0.351 e. The van der Waals surface area contributed by atoms with Crippen LogP contribution in [0.25, 0.3) is 0 Å². The van der Waals surface area contributed by atoms with E-state index in [1.54, 1.807) is 0 Å². The lowest BCUT2D eigenvalue weighted by atomic mass is 10.6. The van der Waals surface area contributed by atoms with E-state index in [4.69, 9.17) is 5.73 Å². The van der Waals surface area contributed by atoms with Gasteiger partial charge in [-0.2, -0.15) is 4.98 Å². The van der Waals surface area contributed by atoms with Gasteiger partial charge in [0, 0.05) is 13.6 Å². The van der Waals surface area contributed by atoms with E-state index >= 15 is 0 Å². The number of anilines is 2. The Morgan fingerprint density at radius 1 is 1.64 bits per heavy atom. The van der Waals surface area contributed by atoms with Crippen LogP contribution in [0.4, 0.5) is 12.0 Å². The zero-order valence-corrected chi connectivity index (χ0v) is 7.26. The van der Waals surface area contributed by atoms with Gasteiger partial charge in [-0.3, -0.25) is 0 Å². The summed E-state index contributed by atoms with van der Waals surface area (Å²) >= 11 is 0. The first-order valence-electron chi connectivity index (χ1n) is 3.04. The molecule has 0 atom stereocenters. The second kappa shape index (κ2) is 4.02. The fourth-order valence-corrected chi connectivity index (χ4v) is 0.523. The highest BCUT2D eigenvalue weighted by Gasteiger charge is 2.04. The largest absolute Gasteiger partial charge is 0.351 e. The first kappa shape index (κ1) is 10.0. The van der Waals surface area contributed by atoms with Crippen LogP contribution in [0.15, 0.2) is 4.52 Å². The highest BCUT2D eigenvalue weighted by Crippen LogP contribution is 2.06. The molecule has 2 N–H and O–H groups in total. The summed E-state index contributed by atoms with van der Waals surface area (Å²) in [5, 5.41) is 3.60. The van der Waals surface area contributed by atoms with Crippen LogP contribution in [0.5, 0.6) is 0 Å². The second-order valence-electron chi connectivity index (χ2n) is 1.95. The van der Waals surface area contributed by atoms with Gasteiger partial charge in [0.2, 0.25) is 0 Å². The van der Waals surface area contributed by atoms with Gasteiger partial charge < -0.3 is 15.2 Å². The van der Waals surface area contributed by atoms with Crippen LogP contribution in [-0.4, -0.2) is 23.7 Å². The van der Waals surface area contributed by atoms with E-state index in [1.807, 2.05) is 18.9 Å². The van der Waals surface area contributed by atoms with Crippen molar-refractivity contribution >= 4 is 24.4 Å². The molecule has 0 bridgehead atoms. The Labute approximate surface area is 71.0 Å². The lowest BCUT2D eigenvalue weighted by Gasteiger charge is -2.08. The molecule has 0 radical (unpaired) electrons. The number of hydrogen-bond acceptors (Lipinski definition) is 5. The molecular formula is C5H11ClN4O. The van der Waals surface area contributed by atoms with Crippen molar-refractivity contribution < 1.29 is 4.52 Å². The van der Waals surface area contributed by atoms with Crippen molar-refractivity contribution in [2.45, 2.75) is 6.92 Å². The van der Waals surface area contributed by atoms with Crippen molar-refractivity contribution in [2.75, 3.05) is 24.2 Å². The number of nitrogens with zero attached hydrogens (tertiary/aromatic N) is 3. The Kier molecular flexibility index (Phi) is 3.67. The predicted octanol–water partition coefficient (Wildman–Crippen LogP) is 0.530. The monoisotopic (exact) mass is 178 g/mol. The Balaban J connectivity index is 0.000001000. The molecule has 0 aromatic carbocycles. The van der Waals surface area contributed by atoms with Crippen LogP contribution >= 0.6 is 12.4 Å². The molecule has 0 aliphatic carbocycles. The SMILES string of the molecule is CCN(C)c1noc(N)n1.Cl. The molecule has 0 spiro atoms. The van der Waals surface area contributed by atoms with Gasteiger partial charge in [0.05, 0.1) is 0 Å². The Hall–Kier alpha value is -0.970. The van der Waals surface area contributed by atoms with E-state index in [-0.39, 0.29) is 18.4 Å². The van der Waals surface area contributed by atoms with Crippen molar-refractivity contribution in [3.05, 3.63) is 0 Å². The fourth-order valence-electron chi connectivity index (χ4n) is 0.523. The van der Waals surface area contributed by atoms with Crippen LogP contribution in [0.3, 0.4) is 0 Å². The van der Waals surface area contributed by atoms with E-state index in [9.17, 15) is 0 Å². The molecule has 0 aliphatic rings. The third-order valence-electron chi connectivity index (χ3n) is 1.25. The van der Waals surface area contributed by atoms with E-state index in [2.05, 4.69) is 14.7 Å². The molecule has 5 nitrogen and oxygen atoms in total. The maximum absolute atomic E-state index is 5.20. The molecule has 64 valence electrons. The predicted molar refractivity (Wildman–Crippen MR) is 44.9 cm³/mol. The van der Waals surface area contributed by atoms with Crippen LogP contribution in [0.1, 0.15) is 6.92 Å². The van der Waals surface area contributed by atoms with Gasteiger partial charge in [-0.05, 0) is 12.1 Å². The summed E-state index contributed by atoms with van der Waals surface area (Å²) in [7, 11) is 1.87. The van der Waals surface area contributed by atoms with Gasteiger partial charge in [0.15, 0.2) is 0 Å². The first-order valence-corrected chi connectivity index (χ1v) is 3.04. The second-order valence-corrected chi connectivity index (χ2v) is 1.95. The smallest absolute Gasteiger partial charge is 0.320 e. The van der Waals surface area contributed by atoms with Gasteiger partial charge in [0.25, 0.3) is 5.95 Å². The molecule has 0 fully saturated rings. The fraction of sp³-hybridized carbons (Fsp3) is 0.600. The molecule has 1 aromatic heterocycles. The molecule has 0 aliphatic heterocycles. The maximum atomic E-state index is 5.20. The van der Waals surface area contributed by atoms with E-state index in [0.717, 1.165) is 6.54 Å². The summed E-state index contributed by atoms with van der Waals surface area (Å²) in [6.45, 7) is 2.82. The van der Waals surface area contributed by atoms with Crippen LogP contribution < -0.4 is 10.6 Å². The standard InChI is InChI=1S/C5H10N4O.ClH/c1-3-9(2)5-7-4(6)10-8-5;/h3H2,1-2H3,(H2,6,7,8);1H. The van der Waals surface area contributed by atoms with Crippen molar-refractivity contribution in [3.8, 4) is 0 Å². The summed E-state index contributed by atoms with van der Waals surface area (Å²) in [4.78, 5) is 5.64. The average molecular weight is 179 g/mol. The van der Waals surface area contributed by atoms with E-state index < -0.39 is 0 Å².